The Kier molecular flexibility index (Phi) is 6.03. The van der Waals surface area contributed by atoms with Gasteiger partial charge in [0, 0.05) is 35.4 Å². The zero-order chi connectivity index (χ0) is 15.1. The minimum absolute atomic E-state index is 0.714. The van der Waals surface area contributed by atoms with Gasteiger partial charge in [-0.25, -0.2) is 0 Å². The predicted octanol–water partition coefficient (Wildman–Crippen LogP) is 4.20. The van der Waals surface area contributed by atoms with Gasteiger partial charge in [-0.2, -0.15) is 0 Å². The Morgan fingerprint density at radius 1 is 1.19 bits per heavy atom. The van der Waals surface area contributed by atoms with E-state index in [-0.39, 0.29) is 0 Å². The van der Waals surface area contributed by atoms with E-state index in [1.807, 2.05) is 24.3 Å². The van der Waals surface area contributed by atoms with Gasteiger partial charge in [-0.15, -0.1) is 0 Å². The summed E-state index contributed by atoms with van der Waals surface area (Å²) in [6, 6.07) is 7.78. The van der Waals surface area contributed by atoms with Crippen LogP contribution in [0.3, 0.4) is 0 Å². The van der Waals surface area contributed by atoms with Gasteiger partial charge in [-0.05, 0) is 37.4 Å². The van der Waals surface area contributed by atoms with Crippen molar-refractivity contribution >= 4 is 28.2 Å². The van der Waals surface area contributed by atoms with Gasteiger partial charge in [-0.1, -0.05) is 37.6 Å². The summed E-state index contributed by atoms with van der Waals surface area (Å²) in [5.41, 5.74) is 2.00. The molecule has 0 bridgehead atoms. The molecule has 1 N–H and O–H groups in total. The van der Waals surface area contributed by atoms with Gasteiger partial charge in [0.15, 0.2) is 0 Å². The van der Waals surface area contributed by atoms with Crippen LogP contribution in [0.1, 0.15) is 13.8 Å². The van der Waals surface area contributed by atoms with Gasteiger partial charge in [0.25, 0.3) is 0 Å². The molecule has 0 radical (unpaired) electrons. The molecule has 2 rings (SSSR count). The molecular weight excluding hydrogens is 282 g/mol. The van der Waals surface area contributed by atoms with Gasteiger partial charge in [-0.3, -0.25) is 4.98 Å². The first-order valence-electron chi connectivity index (χ1n) is 7.40. The van der Waals surface area contributed by atoms with Crippen molar-refractivity contribution in [1.29, 1.82) is 0 Å². The molecule has 0 amide bonds. The molecule has 0 saturated heterocycles. The number of hydrogen-bond donors (Lipinski definition) is 1. The summed E-state index contributed by atoms with van der Waals surface area (Å²) in [7, 11) is 0. The van der Waals surface area contributed by atoms with Crippen molar-refractivity contribution < 1.29 is 0 Å². The van der Waals surface area contributed by atoms with Crippen LogP contribution in [0.25, 0.3) is 10.9 Å². The predicted molar refractivity (Wildman–Crippen MR) is 92.2 cm³/mol. The van der Waals surface area contributed by atoms with Crippen molar-refractivity contribution in [2.24, 2.45) is 0 Å². The molecule has 0 atom stereocenters. The van der Waals surface area contributed by atoms with E-state index in [2.05, 4.69) is 41.2 Å². The van der Waals surface area contributed by atoms with E-state index in [0.29, 0.717) is 5.02 Å². The Morgan fingerprint density at radius 2 is 2.00 bits per heavy atom. The number of hydrogen-bond acceptors (Lipinski definition) is 3. The Balaban J connectivity index is 1.96. The summed E-state index contributed by atoms with van der Waals surface area (Å²) >= 11 is 6.00. The number of likely N-dealkylation sites (N-methyl/N-ethyl adjacent to an activating group) is 1. The quantitative estimate of drug-likeness (QED) is 0.777. The van der Waals surface area contributed by atoms with Crippen molar-refractivity contribution in [1.82, 2.24) is 9.88 Å². The average Bonchev–Trinajstić information content (AvgIpc) is 2.50. The summed E-state index contributed by atoms with van der Waals surface area (Å²) in [5.74, 6) is 0. The standard InChI is InChI=1S/C17H22ClN3/c1-3-21(4-2)12-6-5-10-19-16-9-11-20-17-13-14(18)7-8-15(16)17/h5-9,11,13H,3-4,10,12H2,1-2H3,(H,19,20)/b6-5-. The van der Waals surface area contributed by atoms with Gasteiger partial charge < -0.3 is 10.2 Å². The van der Waals surface area contributed by atoms with E-state index in [4.69, 9.17) is 11.6 Å². The van der Waals surface area contributed by atoms with Crippen molar-refractivity contribution in [3.63, 3.8) is 0 Å². The lowest BCUT2D eigenvalue weighted by atomic mass is 10.2. The molecular formula is C17H22ClN3. The third-order valence-corrected chi connectivity index (χ3v) is 3.77. The van der Waals surface area contributed by atoms with Gasteiger partial charge >= 0.3 is 0 Å². The van der Waals surface area contributed by atoms with Gasteiger partial charge in [0.1, 0.15) is 0 Å². The zero-order valence-electron chi connectivity index (χ0n) is 12.6. The van der Waals surface area contributed by atoms with Gasteiger partial charge in [0.2, 0.25) is 0 Å². The van der Waals surface area contributed by atoms with Gasteiger partial charge in [0.05, 0.1) is 5.52 Å². The second-order valence-corrected chi connectivity index (χ2v) is 5.29. The maximum Gasteiger partial charge on any atom is 0.0737 e. The van der Waals surface area contributed by atoms with E-state index >= 15 is 0 Å². The molecule has 0 unspecified atom stereocenters. The molecule has 0 aliphatic heterocycles. The molecule has 0 spiro atoms. The van der Waals surface area contributed by atoms with E-state index < -0.39 is 0 Å². The molecule has 2 aromatic rings. The molecule has 1 heterocycles. The molecule has 3 nitrogen and oxygen atoms in total. The molecule has 1 aromatic heterocycles. The van der Waals surface area contributed by atoms with Crippen LogP contribution in [0, 0.1) is 0 Å². The van der Waals surface area contributed by atoms with Crippen molar-refractivity contribution in [3.8, 4) is 0 Å². The lowest BCUT2D eigenvalue weighted by Gasteiger charge is -2.14. The van der Waals surface area contributed by atoms with Crippen LogP contribution in [0.15, 0.2) is 42.6 Å². The normalized spacial score (nSPS) is 11.6. The Bertz CT molecular complexity index is 606. The molecule has 112 valence electrons. The van der Waals surface area contributed by atoms with E-state index in [1.54, 1.807) is 6.20 Å². The van der Waals surface area contributed by atoms with Crippen LogP contribution in [0.5, 0.6) is 0 Å². The summed E-state index contributed by atoms with van der Waals surface area (Å²) in [4.78, 5) is 6.72. The van der Waals surface area contributed by atoms with Crippen molar-refractivity contribution in [3.05, 3.63) is 47.6 Å². The zero-order valence-corrected chi connectivity index (χ0v) is 13.4. The molecule has 1 aromatic carbocycles. The first kappa shape index (κ1) is 15.8. The molecule has 0 saturated carbocycles. The van der Waals surface area contributed by atoms with Crippen LogP contribution in [-0.4, -0.2) is 36.1 Å². The fraction of sp³-hybridized carbons (Fsp3) is 0.353. The van der Waals surface area contributed by atoms with E-state index in [1.165, 1.54) is 0 Å². The fourth-order valence-electron chi connectivity index (χ4n) is 2.23. The topological polar surface area (TPSA) is 28.2 Å². The minimum atomic E-state index is 0.714. The number of nitrogens with zero attached hydrogens (tertiary/aromatic N) is 2. The first-order chi connectivity index (χ1) is 10.2. The number of fused-ring (bicyclic) bond motifs is 1. The molecule has 0 fully saturated rings. The summed E-state index contributed by atoms with van der Waals surface area (Å²) in [5, 5.41) is 5.24. The smallest absolute Gasteiger partial charge is 0.0737 e. The van der Waals surface area contributed by atoms with Crippen LogP contribution in [0.2, 0.25) is 5.02 Å². The van der Waals surface area contributed by atoms with Crippen LogP contribution in [0.4, 0.5) is 5.69 Å². The number of halogens is 1. The number of nitrogens with one attached hydrogen (secondary N) is 1. The monoisotopic (exact) mass is 303 g/mol. The maximum atomic E-state index is 6.00. The maximum absolute atomic E-state index is 6.00. The number of anilines is 1. The highest BCUT2D eigenvalue weighted by Crippen LogP contribution is 2.24. The third kappa shape index (κ3) is 4.45. The molecule has 0 aliphatic rings. The summed E-state index contributed by atoms with van der Waals surface area (Å²) in [6.45, 7) is 8.35. The Hall–Kier alpha value is -1.58. The number of aromatic nitrogens is 1. The largest absolute Gasteiger partial charge is 0.381 e. The van der Waals surface area contributed by atoms with E-state index in [0.717, 1.165) is 42.8 Å². The Labute approximate surface area is 131 Å². The number of benzene rings is 1. The first-order valence-corrected chi connectivity index (χ1v) is 7.78. The molecule has 21 heavy (non-hydrogen) atoms. The van der Waals surface area contributed by atoms with Crippen LogP contribution >= 0.6 is 11.6 Å². The third-order valence-electron chi connectivity index (χ3n) is 3.54. The lowest BCUT2D eigenvalue weighted by molar-refractivity contribution is 0.337. The summed E-state index contributed by atoms with van der Waals surface area (Å²) in [6.07, 6.45) is 6.18. The minimum Gasteiger partial charge on any atom is -0.381 e. The fourth-order valence-corrected chi connectivity index (χ4v) is 2.40. The lowest BCUT2D eigenvalue weighted by Crippen LogP contribution is -2.22. The number of rotatable bonds is 7. The highest BCUT2D eigenvalue weighted by Gasteiger charge is 2.01. The summed E-state index contributed by atoms with van der Waals surface area (Å²) < 4.78 is 0. The van der Waals surface area contributed by atoms with Crippen LogP contribution in [-0.2, 0) is 0 Å². The van der Waals surface area contributed by atoms with Crippen LogP contribution < -0.4 is 5.32 Å². The Morgan fingerprint density at radius 3 is 2.76 bits per heavy atom. The molecule has 0 aliphatic carbocycles. The highest BCUT2D eigenvalue weighted by atomic mass is 35.5. The molecule has 4 heteroatoms. The average molecular weight is 304 g/mol. The van der Waals surface area contributed by atoms with E-state index in [9.17, 15) is 0 Å². The second kappa shape index (κ2) is 8.01. The second-order valence-electron chi connectivity index (χ2n) is 4.86. The highest BCUT2D eigenvalue weighted by molar-refractivity contribution is 6.31. The SMILES string of the molecule is CCN(CC)C/C=C\CNc1ccnc2cc(Cl)ccc12. The van der Waals surface area contributed by atoms with Crippen molar-refractivity contribution in [2.45, 2.75) is 13.8 Å². The van der Waals surface area contributed by atoms with Crippen molar-refractivity contribution in [2.75, 3.05) is 31.5 Å². The number of pyridine rings is 1.